The van der Waals surface area contributed by atoms with Crippen molar-refractivity contribution < 1.29 is 0 Å². The first-order chi connectivity index (χ1) is 13.2. The van der Waals surface area contributed by atoms with Crippen molar-refractivity contribution in [2.24, 2.45) is 10.3 Å². The van der Waals surface area contributed by atoms with E-state index in [-0.39, 0.29) is 23.2 Å². The van der Waals surface area contributed by atoms with Crippen molar-refractivity contribution in [3.8, 4) is 0 Å². The van der Waals surface area contributed by atoms with E-state index in [1.807, 2.05) is 0 Å². The summed E-state index contributed by atoms with van der Waals surface area (Å²) < 4.78 is 0. The molecule has 148 valence electrons. The molecule has 0 aliphatic carbocycles. The summed E-state index contributed by atoms with van der Waals surface area (Å²) in [4.78, 5) is 2.58. The SMILES string of the molecule is CCC(C)(C)N1Cc2ccccc2C2N=NN(C(C)(C)C)C2c2ccccc21. The summed E-state index contributed by atoms with van der Waals surface area (Å²) in [5, 5.41) is 11.7. The minimum Gasteiger partial charge on any atom is -0.362 e. The molecule has 2 aromatic rings. The molecule has 2 unspecified atom stereocenters. The van der Waals surface area contributed by atoms with Gasteiger partial charge in [-0.25, -0.2) is 0 Å². The van der Waals surface area contributed by atoms with Gasteiger partial charge in [0.25, 0.3) is 0 Å². The summed E-state index contributed by atoms with van der Waals surface area (Å²) in [5.74, 6) is 0. The average molecular weight is 377 g/mol. The number of fused-ring (bicyclic) bond motifs is 5. The summed E-state index contributed by atoms with van der Waals surface area (Å²) >= 11 is 0. The van der Waals surface area contributed by atoms with Crippen LogP contribution in [0.5, 0.6) is 0 Å². The third-order valence-corrected chi connectivity index (χ3v) is 6.37. The maximum Gasteiger partial charge on any atom is 0.124 e. The van der Waals surface area contributed by atoms with Gasteiger partial charge >= 0.3 is 0 Å². The number of para-hydroxylation sites is 1. The van der Waals surface area contributed by atoms with E-state index in [4.69, 9.17) is 5.11 Å². The Morgan fingerprint density at radius 2 is 1.57 bits per heavy atom. The third-order valence-electron chi connectivity index (χ3n) is 6.37. The van der Waals surface area contributed by atoms with Gasteiger partial charge in [0.05, 0.1) is 5.54 Å². The van der Waals surface area contributed by atoms with E-state index in [9.17, 15) is 0 Å². The van der Waals surface area contributed by atoms with Gasteiger partial charge in [0, 0.05) is 23.3 Å². The van der Waals surface area contributed by atoms with Crippen LogP contribution >= 0.6 is 0 Å². The quantitative estimate of drug-likeness (QED) is 0.602. The van der Waals surface area contributed by atoms with Crippen LogP contribution in [0, 0.1) is 0 Å². The van der Waals surface area contributed by atoms with E-state index in [0.29, 0.717) is 0 Å². The fraction of sp³-hybridized carbons (Fsp3) is 0.500. The van der Waals surface area contributed by atoms with Crippen LogP contribution in [0.3, 0.4) is 0 Å². The van der Waals surface area contributed by atoms with Crippen LogP contribution in [-0.4, -0.2) is 16.1 Å². The predicted molar refractivity (Wildman–Crippen MR) is 115 cm³/mol. The highest BCUT2D eigenvalue weighted by molar-refractivity contribution is 5.60. The molecule has 0 aromatic heterocycles. The molecule has 0 saturated carbocycles. The van der Waals surface area contributed by atoms with Crippen molar-refractivity contribution >= 4 is 5.69 Å². The van der Waals surface area contributed by atoms with Crippen LogP contribution in [0.4, 0.5) is 5.69 Å². The fourth-order valence-corrected chi connectivity index (χ4v) is 4.39. The summed E-state index contributed by atoms with van der Waals surface area (Å²) in [5.41, 5.74) is 5.23. The third kappa shape index (κ3) is 2.99. The molecular formula is C24H32N4. The minimum absolute atomic E-state index is 0.0310. The first-order valence-electron chi connectivity index (χ1n) is 10.4. The maximum atomic E-state index is 4.79. The molecule has 0 spiro atoms. The van der Waals surface area contributed by atoms with Gasteiger partial charge in [0.15, 0.2) is 0 Å². The van der Waals surface area contributed by atoms with Crippen molar-refractivity contribution in [3.05, 3.63) is 65.2 Å². The first-order valence-corrected chi connectivity index (χ1v) is 10.4. The zero-order valence-corrected chi connectivity index (χ0v) is 18.0. The number of hydrogen-bond acceptors (Lipinski definition) is 4. The van der Waals surface area contributed by atoms with Crippen molar-refractivity contribution in [1.82, 2.24) is 5.01 Å². The molecule has 2 heterocycles. The molecule has 2 aromatic carbocycles. The van der Waals surface area contributed by atoms with Crippen molar-refractivity contribution in [2.45, 2.75) is 77.7 Å². The molecule has 2 atom stereocenters. The largest absolute Gasteiger partial charge is 0.362 e. The normalized spacial score (nSPS) is 21.6. The lowest BCUT2D eigenvalue weighted by molar-refractivity contribution is 0.0969. The lowest BCUT2D eigenvalue weighted by Gasteiger charge is -2.45. The standard InChI is InChI=1S/C24H32N4/c1-7-24(5,6)27-16-17-12-8-9-13-18(17)21-22(19-14-10-11-15-20(19)27)28(26-25-21)23(2,3)4/h8-15,21-22H,7,16H2,1-6H3. The molecule has 4 nitrogen and oxygen atoms in total. The Hall–Kier alpha value is -2.36. The molecule has 0 saturated heterocycles. The lowest BCUT2D eigenvalue weighted by Crippen LogP contribution is -2.46. The number of benzene rings is 2. The monoisotopic (exact) mass is 376 g/mol. The maximum absolute atomic E-state index is 4.79. The Kier molecular flexibility index (Phi) is 4.48. The Morgan fingerprint density at radius 1 is 0.929 bits per heavy atom. The molecule has 0 bridgehead atoms. The van der Waals surface area contributed by atoms with E-state index in [1.54, 1.807) is 0 Å². The molecule has 0 radical (unpaired) electrons. The lowest BCUT2D eigenvalue weighted by atomic mass is 9.84. The second-order valence-corrected chi connectivity index (χ2v) is 9.62. The van der Waals surface area contributed by atoms with Crippen molar-refractivity contribution in [3.63, 3.8) is 0 Å². The van der Waals surface area contributed by atoms with Crippen LogP contribution in [0.1, 0.15) is 76.7 Å². The Labute approximate surface area is 169 Å². The first kappa shape index (κ1) is 19.0. The van der Waals surface area contributed by atoms with Crippen molar-refractivity contribution in [1.29, 1.82) is 0 Å². The zero-order valence-electron chi connectivity index (χ0n) is 18.0. The van der Waals surface area contributed by atoms with Gasteiger partial charge in [-0.2, -0.15) is 5.11 Å². The van der Waals surface area contributed by atoms with Crippen LogP contribution in [0.2, 0.25) is 0 Å². The second kappa shape index (κ2) is 6.61. The zero-order chi connectivity index (χ0) is 20.1. The fourth-order valence-electron chi connectivity index (χ4n) is 4.39. The van der Waals surface area contributed by atoms with E-state index in [1.165, 1.54) is 22.4 Å². The van der Waals surface area contributed by atoms with Gasteiger partial charge in [-0.15, -0.1) is 0 Å². The molecule has 0 amide bonds. The average Bonchev–Trinajstić information content (AvgIpc) is 3.10. The molecular weight excluding hydrogens is 344 g/mol. The van der Waals surface area contributed by atoms with Crippen LogP contribution < -0.4 is 4.90 Å². The van der Waals surface area contributed by atoms with Crippen LogP contribution in [-0.2, 0) is 6.54 Å². The Bertz CT molecular complexity index is 893. The number of hydrogen-bond donors (Lipinski definition) is 0. The number of nitrogens with zero attached hydrogens (tertiary/aromatic N) is 4. The van der Waals surface area contributed by atoms with E-state index < -0.39 is 0 Å². The van der Waals surface area contributed by atoms with E-state index in [0.717, 1.165) is 13.0 Å². The summed E-state index contributed by atoms with van der Waals surface area (Å²) in [6.07, 6.45) is 1.08. The molecule has 4 rings (SSSR count). The smallest absolute Gasteiger partial charge is 0.124 e. The number of rotatable bonds is 2. The highest BCUT2D eigenvalue weighted by Gasteiger charge is 2.44. The van der Waals surface area contributed by atoms with Gasteiger partial charge < -0.3 is 4.90 Å². The second-order valence-electron chi connectivity index (χ2n) is 9.62. The number of anilines is 1. The highest BCUT2D eigenvalue weighted by atomic mass is 15.6. The van der Waals surface area contributed by atoms with E-state index >= 15 is 0 Å². The predicted octanol–water partition coefficient (Wildman–Crippen LogP) is 6.46. The van der Waals surface area contributed by atoms with Gasteiger partial charge in [-0.3, -0.25) is 5.01 Å². The van der Waals surface area contributed by atoms with E-state index in [2.05, 4.69) is 105 Å². The van der Waals surface area contributed by atoms with Crippen LogP contribution in [0.25, 0.3) is 0 Å². The molecule has 0 N–H and O–H groups in total. The van der Waals surface area contributed by atoms with Gasteiger partial charge in [0.1, 0.15) is 12.1 Å². The molecule has 0 fully saturated rings. The molecule has 4 heteroatoms. The highest BCUT2D eigenvalue weighted by Crippen LogP contribution is 2.51. The molecule has 2 aliphatic rings. The Morgan fingerprint density at radius 3 is 2.25 bits per heavy atom. The van der Waals surface area contributed by atoms with Crippen molar-refractivity contribution in [2.75, 3.05) is 4.90 Å². The minimum atomic E-state index is -0.102. The Balaban J connectivity index is 1.97. The molecule has 2 aliphatic heterocycles. The topological polar surface area (TPSA) is 31.2 Å². The van der Waals surface area contributed by atoms with Gasteiger partial charge in [0.2, 0.25) is 0 Å². The van der Waals surface area contributed by atoms with Crippen LogP contribution in [0.15, 0.2) is 58.9 Å². The molecule has 28 heavy (non-hydrogen) atoms. The van der Waals surface area contributed by atoms with Gasteiger partial charge in [-0.1, -0.05) is 54.6 Å². The summed E-state index contributed by atoms with van der Waals surface area (Å²) in [7, 11) is 0. The van der Waals surface area contributed by atoms with Gasteiger partial charge in [-0.05, 0) is 58.2 Å². The summed E-state index contributed by atoms with van der Waals surface area (Å²) in [6.45, 7) is 14.5. The summed E-state index contributed by atoms with van der Waals surface area (Å²) in [6, 6.07) is 17.8.